The summed E-state index contributed by atoms with van der Waals surface area (Å²) < 4.78 is 5.87. The topological polar surface area (TPSA) is 92.7 Å². The number of para-hydroxylation sites is 1. The number of hydrogen-bond donors (Lipinski definition) is 2. The van der Waals surface area contributed by atoms with E-state index in [1.54, 1.807) is 19.2 Å². The minimum atomic E-state index is -0.635. The first-order valence-electron chi connectivity index (χ1n) is 12.6. The van der Waals surface area contributed by atoms with Gasteiger partial charge >= 0.3 is 5.97 Å². The Bertz CT molecular complexity index is 1290. The highest BCUT2D eigenvalue weighted by molar-refractivity contribution is 8.14. The largest absolute Gasteiger partial charge is 0.450 e. The Morgan fingerprint density at radius 1 is 1.00 bits per heavy atom. The number of hydrogen-bond acceptors (Lipinski definition) is 6. The highest BCUT2D eigenvalue weighted by Gasteiger charge is 2.29. The van der Waals surface area contributed by atoms with Crippen LogP contribution in [0.3, 0.4) is 0 Å². The second kappa shape index (κ2) is 13.2. The minimum absolute atomic E-state index is 0.0163. The van der Waals surface area contributed by atoms with Gasteiger partial charge in [-0.1, -0.05) is 62.4 Å². The van der Waals surface area contributed by atoms with E-state index >= 15 is 0 Å². The van der Waals surface area contributed by atoms with Gasteiger partial charge in [0.1, 0.15) is 6.17 Å². The lowest BCUT2D eigenvalue weighted by atomic mass is 9.97. The van der Waals surface area contributed by atoms with Crippen molar-refractivity contribution in [3.05, 3.63) is 78.5 Å². The minimum Gasteiger partial charge on any atom is -0.450 e. The number of anilines is 1. The van der Waals surface area contributed by atoms with Crippen LogP contribution in [0.5, 0.6) is 0 Å². The molecule has 0 aliphatic rings. The number of esters is 1. The molecule has 0 spiro atoms. The van der Waals surface area contributed by atoms with Gasteiger partial charge in [-0.2, -0.15) is 0 Å². The fraction of sp³-hybridized carbons (Fsp3) is 0.333. The van der Waals surface area contributed by atoms with Crippen molar-refractivity contribution in [3.63, 3.8) is 0 Å². The molecule has 38 heavy (non-hydrogen) atoms. The molecule has 8 heteroatoms. The Hall–Kier alpha value is -3.65. The molecule has 0 saturated carbocycles. The Morgan fingerprint density at radius 3 is 2.39 bits per heavy atom. The Labute approximate surface area is 229 Å². The van der Waals surface area contributed by atoms with E-state index in [1.807, 2.05) is 95.3 Å². The average Bonchev–Trinajstić information content (AvgIpc) is 2.87. The monoisotopic (exact) mass is 532 g/mol. The SMILES string of the molecule is CC(N=C(Nc1cccc2cccnc12)SC(OC(=O)C(C)(C)C)C(C)C)NC(=O)/C=C/c1ccccc1. The molecule has 0 bridgehead atoms. The van der Waals surface area contributed by atoms with Crippen LogP contribution in [0.2, 0.25) is 0 Å². The van der Waals surface area contributed by atoms with E-state index in [1.165, 1.54) is 17.8 Å². The standard InChI is InChI=1S/C30H36N4O3S/c1-20(2)27(37-28(36)30(4,5)6)38-29(34-24-16-10-14-23-15-11-19-31-26(23)24)33-21(3)32-25(35)18-17-22-12-8-7-9-13-22/h7-21,27H,1-6H3,(H,32,35)(H,33,34)/b18-17+. The van der Waals surface area contributed by atoms with E-state index in [9.17, 15) is 9.59 Å². The van der Waals surface area contributed by atoms with E-state index < -0.39 is 17.0 Å². The van der Waals surface area contributed by atoms with Crippen molar-refractivity contribution in [1.29, 1.82) is 0 Å². The number of ether oxygens (including phenoxy) is 1. The molecule has 200 valence electrons. The van der Waals surface area contributed by atoms with Crippen LogP contribution in [0.4, 0.5) is 5.69 Å². The molecule has 0 saturated heterocycles. The maximum absolute atomic E-state index is 12.7. The molecule has 2 atom stereocenters. The summed E-state index contributed by atoms with van der Waals surface area (Å²) in [6.45, 7) is 11.3. The normalized spacial score (nSPS) is 13.9. The lowest BCUT2D eigenvalue weighted by Crippen LogP contribution is -2.33. The average molecular weight is 533 g/mol. The summed E-state index contributed by atoms with van der Waals surface area (Å²) in [5.74, 6) is -0.536. The van der Waals surface area contributed by atoms with Gasteiger partial charge in [-0.15, -0.1) is 0 Å². The smallest absolute Gasteiger partial charge is 0.312 e. The third-order valence-electron chi connectivity index (χ3n) is 5.37. The van der Waals surface area contributed by atoms with Crippen LogP contribution in [0.15, 0.2) is 77.9 Å². The lowest BCUT2D eigenvalue weighted by molar-refractivity contribution is -0.155. The van der Waals surface area contributed by atoms with Gasteiger partial charge in [-0.05, 0) is 63.2 Å². The molecular weight excluding hydrogens is 496 g/mol. The number of amides is 1. The number of rotatable bonds is 8. The first-order chi connectivity index (χ1) is 18.0. The highest BCUT2D eigenvalue weighted by atomic mass is 32.2. The zero-order valence-electron chi connectivity index (χ0n) is 22.8. The molecule has 0 radical (unpaired) electrons. The number of amidine groups is 1. The van der Waals surface area contributed by atoms with Crippen LogP contribution in [0, 0.1) is 11.3 Å². The summed E-state index contributed by atoms with van der Waals surface area (Å²) in [5.41, 5.74) is 1.36. The molecule has 3 aromatic rings. The summed E-state index contributed by atoms with van der Waals surface area (Å²) in [5, 5.41) is 7.74. The van der Waals surface area contributed by atoms with E-state index in [0.29, 0.717) is 5.17 Å². The van der Waals surface area contributed by atoms with Gasteiger partial charge in [0.25, 0.3) is 0 Å². The summed E-state index contributed by atoms with van der Waals surface area (Å²) in [6.07, 6.45) is 4.42. The molecule has 2 aromatic carbocycles. The van der Waals surface area contributed by atoms with Gasteiger partial charge in [0.05, 0.1) is 16.6 Å². The summed E-state index contributed by atoms with van der Waals surface area (Å²) in [7, 11) is 0. The number of thioether (sulfide) groups is 1. The molecule has 7 nitrogen and oxygen atoms in total. The molecule has 1 aromatic heterocycles. The Balaban J connectivity index is 1.85. The molecule has 0 fully saturated rings. The molecule has 2 N–H and O–H groups in total. The van der Waals surface area contributed by atoms with E-state index in [4.69, 9.17) is 9.73 Å². The summed E-state index contributed by atoms with van der Waals surface area (Å²) in [4.78, 5) is 34.5. The number of pyridine rings is 1. The number of carbonyl (C=O) groups excluding carboxylic acids is 2. The molecule has 0 aliphatic heterocycles. The third-order valence-corrected chi connectivity index (χ3v) is 6.67. The van der Waals surface area contributed by atoms with Gasteiger partial charge < -0.3 is 15.4 Å². The number of benzene rings is 2. The quantitative estimate of drug-likeness (QED) is 0.113. The van der Waals surface area contributed by atoms with E-state index in [0.717, 1.165) is 22.2 Å². The molecule has 0 aliphatic carbocycles. The highest BCUT2D eigenvalue weighted by Crippen LogP contribution is 2.29. The summed E-state index contributed by atoms with van der Waals surface area (Å²) in [6, 6.07) is 19.3. The van der Waals surface area contributed by atoms with E-state index in [2.05, 4.69) is 15.6 Å². The molecule has 1 heterocycles. The molecule has 2 unspecified atom stereocenters. The number of fused-ring (bicyclic) bond motifs is 1. The maximum Gasteiger partial charge on any atom is 0.312 e. The fourth-order valence-electron chi connectivity index (χ4n) is 3.30. The first-order valence-corrected chi connectivity index (χ1v) is 13.5. The summed E-state index contributed by atoms with van der Waals surface area (Å²) >= 11 is 1.31. The maximum atomic E-state index is 12.7. The van der Waals surface area contributed by atoms with Crippen molar-refractivity contribution < 1.29 is 14.3 Å². The Kier molecular flexibility index (Phi) is 10.1. The predicted octanol–water partition coefficient (Wildman–Crippen LogP) is 6.48. The molecule has 1 amide bonds. The third kappa shape index (κ3) is 8.73. The number of nitrogens with zero attached hydrogens (tertiary/aromatic N) is 2. The zero-order chi connectivity index (χ0) is 27.7. The van der Waals surface area contributed by atoms with Gasteiger partial charge in [-0.3, -0.25) is 14.6 Å². The van der Waals surface area contributed by atoms with Crippen molar-refractivity contribution in [1.82, 2.24) is 10.3 Å². The van der Waals surface area contributed by atoms with Gasteiger partial charge in [0.15, 0.2) is 10.6 Å². The zero-order valence-corrected chi connectivity index (χ0v) is 23.6. The van der Waals surface area contributed by atoms with Gasteiger partial charge in [-0.25, -0.2) is 4.99 Å². The Morgan fingerprint density at radius 2 is 1.71 bits per heavy atom. The van der Waals surface area contributed by atoms with Crippen molar-refractivity contribution in [2.45, 2.75) is 53.1 Å². The molecule has 3 rings (SSSR count). The van der Waals surface area contributed by atoms with Gasteiger partial charge in [0.2, 0.25) is 5.91 Å². The number of aromatic nitrogens is 1. The second-order valence-electron chi connectivity index (χ2n) is 10.3. The predicted molar refractivity (Wildman–Crippen MR) is 158 cm³/mol. The van der Waals surface area contributed by atoms with Crippen molar-refractivity contribution in [3.8, 4) is 0 Å². The van der Waals surface area contributed by atoms with Crippen LogP contribution < -0.4 is 10.6 Å². The van der Waals surface area contributed by atoms with Crippen LogP contribution >= 0.6 is 11.8 Å². The van der Waals surface area contributed by atoms with Crippen LogP contribution in [0.1, 0.15) is 47.1 Å². The lowest BCUT2D eigenvalue weighted by Gasteiger charge is -2.26. The number of carbonyl (C=O) groups is 2. The van der Waals surface area contributed by atoms with Crippen molar-refractivity contribution >= 4 is 51.5 Å². The fourth-order valence-corrected chi connectivity index (χ4v) is 4.31. The van der Waals surface area contributed by atoms with Crippen LogP contribution in [0.25, 0.3) is 17.0 Å². The number of aliphatic imine (C=N–C) groups is 1. The number of nitrogens with one attached hydrogen (secondary N) is 2. The first kappa shape index (κ1) is 28.9. The van der Waals surface area contributed by atoms with Crippen LogP contribution in [-0.4, -0.2) is 33.6 Å². The second-order valence-corrected chi connectivity index (χ2v) is 11.3. The van der Waals surface area contributed by atoms with Crippen molar-refractivity contribution in [2.75, 3.05) is 5.32 Å². The van der Waals surface area contributed by atoms with Gasteiger partial charge in [0, 0.05) is 23.6 Å². The van der Waals surface area contributed by atoms with Crippen LogP contribution in [-0.2, 0) is 14.3 Å². The van der Waals surface area contributed by atoms with E-state index in [-0.39, 0.29) is 17.8 Å². The van der Waals surface area contributed by atoms with Crippen molar-refractivity contribution in [2.24, 2.45) is 16.3 Å². The molecular formula is C30H36N4O3S.